The second kappa shape index (κ2) is 4.63. The van der Waals surface area contributed by atoms with Gasteiger partial charge in [0.05, 0.1) is 11.3 Å². The fourth-order valence-electron chi connectivity index (χ4n) is 2.14. The Hall–Kier alpha value is -1.13. The lowest BCUT2D eigenvalue weighted by molar-refractivity contribution is -0.0502. The van der Waals surface area contributed by atoms with Gasteiger partial charge in [-0.3, -0.25) is 0 Å². The standard InChI is InChI=1S/C13H19FN2O/c1-16(2)12-5-4-10(6-11(12)14)7-13(17-3)8-15-9-13/h4-6,15H,7-9H2,1-3H3. The van der Waals surface area contributed by atoms with Gasteiger partial charge in [0.2, 0.25) is 0 Å². The molecule has 0 bridgehead atoms. The van der Waals surface area contributed by atoms with Crippen molar-refractivity contribution in [2.75, 3.05) is 39.2 Å². The normalized spacial score (nSPS) is 17.6. The van der Waals surface area contributed by atoms with E-state index in [1.165, 1.54) is 0 Å². The molecule has 1 saturated heterocycles. The molecule has 0 radical (unpaired) electrons. The number of hydrogen-bond acceptors (Lipinski definition) is 3. The topological polar surface area (TPSA) is 24.5 Å². The molecule has 1 heterocycles. The van der Waals surface area contributed by atoms with E-state index in [0.717, 1.165) is 25.1 Å². The first-order chi connectivity index (χ1) is 8.06. The van der Waals surface area contributed by atoms with E-state index in [1.807, 2.05) is 26.2 Å². The zero-order chi connectivity index (χ0) is 12.5. The number of halogens is 1. The average molecular weight is 238 g/mol. The molecule has 0 aromatic heterocycles. The Kier molecular flexibility index (Phi) is 3.35. The summed E-state index contributed by atoms with van der Waals surface area (Å²) in [5.41, 5.74) is 1.45. The maximum Gasteiger partial charge on any atom is 0.146 e. The smallest absolute Gasteiger partial charge is 0.146 e. The monoisotopic (exact) mass is 238 g/mol. The van der Waals surface area contributed by atoms with Gasteiger partial charge in [-0.2, -0.15) is 0 Å². The Morgan fingerprint density at radius 2 is 2.12 bits per heavy atom. The molecule has 0 atom stereocenters. The van der Waals surface area contributed by atoms with Crippen molar-refractivity contribution in [2.45, 2.75) is 12.0 Å². The summed E-state index contributed by atoms with van der Waals surface area (Å²) in [6.45, 7) is 1.67. The molecule has 1 aliphatic rings. The van der Waals surface area contributed by atoms with Crippen molar-refractivity contribution in [1.29, 1.82) is 0 Å². The van der Waals surface area contributed by atoms with Crippen molar-refractivity contribution in [2.24, 2.45) is 0 Å². The van der Waals surface area contributed by atoms with E-state index in [-0.39, 0.29) is 11.4 Å². The highest BCUT2D eigenvalue weighted by Crippen LogP contribution is 2.25. The predicted octanol–water partition coefficient (Wildman–Crippen LogP) is 1.42. The van der Waals surface area contributed by atoms with Crippen LogP contribution in [0.4, 0.5) is 10.1 Å². The SMILES string of the molecule is COC1(Cc2ccc(N(C)C)c(F)c2)CNC1. The lowest BCUT2D eigenvalue weighted by Crippen LogP contribution is -2.61. The van der Waals surface area contributed by atoms with Crippen LogP contribution in [0.3, 0.4) is 0 Å². The number of ether oxygens (including phenoxy) is 1. The first-order valence-electron chi connectivity index (χ1n) is 5.78. The minimum absolute atomic E-state index is 0.147. The molecule has 2 rings (SSSR count). The van der Waals surface area contributed by atoms with Crippen molar-refractivity contribution in [3.63, 3.8) is 0 Å². The summed E-state index contributed by atoms with van der Waals surface area (Å²) in [5, 5.41) is 3.19. The highest BCUT2D eigenvalue weighted by Gasteiger charge is 2.37. The number of nitrogens with zero attached hydrogens (tertiary/aromatic N) is 1. The highest BCUT2D eigenvalue weighted by atomic mass is 19.1. The number of anilines is 1. The van der Waals surface area contributed by atoms with Gasteiger partial charge in [-0.25, -0.2) is 4.39 Å². The molecule has 17 heavy (non-hydrogen) atoms. The fourth-order valence-corrected chi connectivity index (χ4v) is 2.14. The number of rotatable bonds is 4. The fraction of sp³-hybridized carbons (Fsp3) is 0.538. The van der Waals surface area contributed by atoms with Crippen molar-refractivity contribution in [1.82, 2.24) is 5.32 Å². The second-order valence-electron chi connectivity index (χ2n) is 4.85. The summed E-state index contributed by atoms with van der Waals surface area (Å²) in [6, 6.07) is 5.39. The van der Waals surface area contributed by atoms with Crippen LogP contribution in [-0.2, 0) is 11.2 Å². The minimum atomic E-state index is -0.175. The van der Waals surface area contributed by atoms with Gasteiger partial charge in [-0.1, -0.05) is 6.07 Å². The summed E-state index contributed by atoms with van der Waals surface area (Å²) in [5.74, 6) is -0.175. The van der Waals surface area contributed by atoms with Crippen molar-refractivity contribution in [3.8, 4) is 0 Å². The zero-order valence-electron chi connectivity index (χ0n) is 10.6. The van der Waals surface area contributed by atoms with E-state index < -0.39 is 0 Å². The Balaban J connectivity index is 2.15. The van der Waals surface area contributed by atoms with Crippen LogP contribution >= 0.6 is 0 Å². The Labute approximate surface area is 102 Å². The second-order valence-corrected chi connectivity index (χ2v) is 4.85. The van der Waals surface area contributed by atoms with Crippen LogP contribution in [0.2, 0.25) is 0 Å². The molecule has 0 amide bonds. The molecule has 4 heteroatoms. The first-order valence-corrected chi connectivity index (χ1v) is 5.78. The third kappa shape index (κ3) is 2.42. The Morgan fingerprint density at radius 1 is 1.41 bits per heavy atom. The van der Waals surface area contributed by atoms with Crippen molar-refractivity contribution >= 4 is 5.69 Å². The van der Waals surface area contributed by atoms with E-state index in [2.05, 4.69) is 5.32 Å². The molecule has 1 fully saturated rings. The van der Waals surface area contributed by atoms with E-state index in [0.29, 0.717) is 5.69 Å². The van der Waals surface area contributed by atoms with E-state index in [1.54, 1.807) is 18.1 Å². The van der Waals surface area contributed by atoms with Crippen LogP contribution in [0.5, 0.6) is 0 Å². The molecule has 1 N–H and O–H groups in total. The van der Waals surface area contributed by atoms with E-state index >= 15 is 0 Å². The predicted molar refractivity (Wildman–Crippen MR) is 67.0 cm³/mol. The van der Waals surface area contributed by atoms with Crippen LogP contribution in [0.15, 0.2) is 18.2 Å². The van der Waals surface area contributed by atoms with Gasteiger partial charge in [0.15, 0.2) is 0 Å². The van der Waals surface area contributed by atoms with Gasteiger partial charge in [-0.05, 0) is 17.7 Å². The molecular formula is C13H19FN2O. The average Bonchev–Trinajstić information content (AvgIpc) is 2.23. The Bertz CT molecular complexity index is 397. The summed E-state index contributed by atoms with van der Waals surface area (Å²) < 4.78 is 19.3. The van der Waals surface area contributed by atoms with Crippen LogP contribution in [0.1, 0.15) is 5.56 Å². The quantitative estimate of drug-likeness (QED) is 0.858. The molecular weight excluding hydrogens is 219 g/mol. The van der Waals surface area contributed by atoms with Gasteiger partial charge in [0.1, 0.15) is 5.82 Å². The molecule has 3 nitrogen and oxygen atoms in total. The van der Waals surface area contributed by atoms with Gasteiger partial charge in [0, 0.05) is 40.7 Å². The lowest BCUT2D eigenvalue weighted by Gasteiger charge is -2.41. The summed E-state index contributed by atoms with van der Waals surface area (Å²) in [7, 11) is 5.39. The summed E-state index contributed by atoms with van der Waals surface area (Å²) >= 11 is 0. The Morgan fingerprint density at radius 3 is 2.53 bits per heavy atom. The molecule has 1 aromatic carbocycles. The molecule has 0 unspecified atom stereocenters. The van der Waals surface area contributed by atoms with Crippen LogP contribution in [-0.4, -0.2) is 39.9 Å². The molecule has 0 spiro atoms. The van der Waals surface area contributed by atoms with Gasteiger partial charge < -0.3 is 15.0 Å². The largest absolute Gasteiger partial charge is 0.375 e. The number of methoxy groups -OCH3 is 1. The van der Waals surface area contributed by atoms with E-state index in [9.17, 15) is 4.39 Å². The highest BCUT2D eigenvalue weighted by molar-refractivity contribution is 5.48. The van der Waals surface area contributed by atoms with Gasteiger partial charge in [-0.15, -0.1) is 0 Å². The number of benzene rings is 1. The van der Waals surface area contributed by atoms with Crippen molar-refractivity contribution < 1.29 is 9.13 Å². The third-order valence-corrected chi connectivity index (χ3v) is 3.35. The van der Waals surface area contributed by atoms with E-state index in [4.69, 9.17) is 4.74 Å². The third-order valence-electron chi connectivity index (χ3n) is 3.35. The van der Waals surface area contributed by atoms with Crippen LogP contribution < -0.4 is 10.2 Å². The van der Waals surface area contributed by atoms with Crippen molar-refractivity contribution in [3.05, 3.63) is 29.6 Å². The molecule has 1 aromatic rings. The molecule has 94 valence electrons. The lowest BCUT2D eigenvalue weighted by atomic mass is 9.88. The van der Waals surface area contributed by atoms with Crippen LogP contribution in [0, 0.1) is 5.82 Å². The maximum absolute atomic E-state index is 13.8. The van der Waals surface area contributed by atoms with Crippen LogP contribution in [0.25, 0.3) is 0 Å². The summed E-state index contributed by atoms with van der Waals surface area (Å²) in [6.07, 6.45) is 0.751. The summed E-state index contributed by atoms with van der Waals surface area (Å²) in [4.78, 5) is 1.77. The van der Waals surface area contributed by atoms with Gasteiger partial charge in [0.25, 0.3) is 0 Å². The number of nitrogens with one attached hydrogen (secondary N) is 1. The zero-order valence-corrected chi connectivity index (χ0v) is 10.6. The molecule has 0 saturated carbocycles. The molecule has 1 aliphatic heterocycles. The molecule has 0 aliphatic carbocycles. The van der Waals surface area contributed by atoms with Gasteiger partial charge >= 0.3 is 0 Å². The minimum Gasteiger partial charge on any atom is -0.375 e. The maximum atomic E-state index is 13.8. The number of hydrogen-bond donors (Lipinski definition) is 1. The first kappa shape index (κ1) is 12.3.